The first kappa shape index (κ1) is 17.5. The Labute approximate surface area is 160 Å². The summed E-state index contributed by atoms with van der Waals surface area (Å²) in [5.74, 6) is 0.709. The molecule has 0 saturated carbocycles. The van der Waals surface area contributed by atoms with E-state index in [2.05, 4.69) is 10.2 Å². The molecule has 0 N–H and O–H groups in total. The Balaban J connectivity index is 1.31. The van der Waals surface area contributed by atoms with Crippen LogP contribution in [0.25, 0.3) is 11.5 Å². The first-order chi connectivity index (χ1) is 13.1. The van der Waals surface area contributed by atoms with Crippen LogP contribution in [0.15, 0.2) is 58.2 Å². The summed E-state index contributed by atoms with van der Waals surface area (Å²) in [6.07, 6.45) is 0.651. The maximum Gasteiger partial charge on any atom is 0.276 e. The van der Waals surface area contributed by atoms with Gasteiger partial charge in [-0.05, 0) is 37.6 Å². The van der Waals surface area contributed by atoms with Crippen molar-refractivity contribution in [3.63, 3.8) is 0 Å². The topological polar surface area (TPSA) is 76.3 Å². The molecule has 2 aromatic carbocycles. The second-order valence-electron chi connectivity index (χ2n) is 6.25. The Hall–Kier alpha value is -2.93. The summed E-state index contributed by atoms with van der Waals surface area (Å²) in [5.41, 5.74) is 3.01. The fourth-order valence-corrected chi connectivity index (χ4v) is 3.59. The lowest BCUT2D eigenvalue weighted by Gasteiger charge is -2.12. The number of aromatic nitrogens is 2. The van der Waals surface area contributed by atoms with E-state index in [1.54, 1.807) is 24.3 Å². The smallest absolute Gasteiger partial charge is 0.276 e. The van der Waals surface area contributed by atoms with Crippen LogP contribution in [0.4, 0.5) is 0 Å². The monoisotopic (exact) mass is 379 g/mol. The molecular weight excluding hydrogens is 362 g/mol. The lowest BCUT2D eigenvalue weighted by Crippen LogP contribution is -2.30. The number of aryl methyl sites for hydroxylation is 1. The van der Waals surface area contributed by atoms with Gasteiger partial charge in [-0.3, -0.25) is 14.5 Å². The fraction of sp³-hybridized carbons (Fsp3) is 0.200. The zero-order valence-electron chi connectivity index (χ0n) is 14.7. The van der Waals surface area contributed by atoms with Gasteiger partial charge in [0.2, 0.25) is 5.89 Å². The summed E-state index contributed by atoms with van der Waals surface area (Å²) in [5, 5.41) is 8.59. The Bertz CT molecular complexity index is 963. The van der Waals surface area contributed by atoms with Crippen molar-refractivity contribution < 1.29 is 14.0 Å². The number of rotatable bonds is 6. The number of carbonyl (C=O) groups is 2. The molecule has 0 spiro atoms. The van der Waals surface area contributed by atoms with Gasteiger partial charge in [-0.25, -0.2) is 0 Å². The van der Waals surface area contributed by atoms with E-state index < -0.39 is 0 Å². The highest BCUT2D eigenvalue weighted by molar-refractivity contribution is 7.99. The van der Waals surface area contributed by atoms with Gasteiger partial charge in [0, 0.05) is 17.9 Å². The number of fused-ring (bicyclic) bond motifs is 1. The number of imide groups is 1. The van der Waals surface area contributed by atoms with Crippen LogP contribution < -0.4 is 0 Å². The van der Waals surface area contributed by atoms with Crippen molar-refractivity contribution in [3.8, 4) is 11.5 Å². The lowest BCUT2D eigenvalue weighted by molar-refractivity contribution is 0.0655. The number of hydrogen-bond acceptors (Lipinski definition) is 6. The average Bonchev–Trinajstić information content (AvgIpc) is 3.25. The molecule has 4 rings (SSSR count). The third-order valence-corrected chi connectivity index (χ3v) is 5.24. The summed E-state index contributed by atoms with van der Waals surface area (Å²) in [4.78, 5) is 25.9. The van der Waals surface area contributed by atoms with Gasteiger partial charge >= 0.3 is 0 Å². The molecule has 0 unspecified atom stereocenters. The molecule has 2 amide bonds. The van der Waals surface area contributed by atoms with E-state index in [0.717, 1.165) is 5.56 Å². The van der Waals surface area contributed by atoms with Gasteiger partial charge in [0.1, 0.15) is 0 Å². The van der Waals surface area contributed by atoms with Crippen molar-refractivity contribution in [2.75, 3.05) is 12.3 Å². The highest BCUT2D eigenvalue weighted by Gasteiger charge is 2.34. The van der Waals surface area contributed by atoms with E-state index in [1.165, 1.54) is 22.2 Å². The van der Waals surface area contributed by atoms with Crippen LogP contribution in [0.3, 0.4) is 0 Å². The predicted molar refractivity (Wildman–Crippen MR) is 102 cm³/mol. The molecule has 7 heteroatoms. The maximum atomic E-state index is 12.3. The molecule has 0 fully saturated rings. The Morgan fingerprint density at radius 2 is 1.63 bits per heavy atom. The summed E-state index contributed by atoms with van der Waals surface area (Å²) in [7, 11) is 0. The van der Waals surface area contributed by atoms with Crippen LogP contribution in [0, 0.1) is 6.92 Å². The quantitative estimate of drug-likeness (QED) is 0.368. The summed E-state index contributed by atoms with van der Waals surface area (Å²) in [6.45, 7) is 2.39. The molecule has 136 valence electrons. The Morgan fingerprint density at radius 1 is 0.963 bits per heavy atom. The van der Waals surface area contributed by atoms with Crippen molar-refractivity contribution >= 4 is 23.6 Å². The normalized spacial score (nSPS) is 13.3. The summed E-state index contributed by atoms with van der Waals surface area (Å²) in [6, 6.07) is 14.8. The van der Waals surface area contributed by atoms with Crippen LogP contribution >= 0.6 is 11.8 Å². The predicted octanol–water partition coefficient (Wildman–Crippen LogP) is 3.82. The minimum Gasteiger partial charge on any atom is -0.411 e. The van der Waals surface area contributed by atoms with Crippen molar-refractivity contribution in [2.24, 2.45) is 0 Å². The van der Waals surface area contributed by atoms with E-state index in [-0.39, 0.29) is 11.8 Å². The zero-order chi connectivity index (χ0) is 18.8. The SMILES string of the molecule is Cc1ccc(-c2nnc(SCCCN3C(=O)c4ccccc4C3=O)o2)cc1. The molecule has 3 aromatic rings. The van der Waals surface area contributed by atoms with Crippen LogP contribution in [-0.2, 0) is 0 Å². The molecule has 1 aromatic heterocycles. The molecule has 1 aliphatic heterocycles. The van der Waals surface area contributed by atoms with E-state index in [4.69, 9.17) is 4.42 Å². The molecule has 6 nitrogen and oxygen atoms in total. The van der Waals surface area contributed by atoms with Gasteiger partial charge < -0.3 is 4.42 Å². The highest BCUT2D eigenvalue weighted by Crippen LogP contribution is 2.25. The second-order valence-corrected chi connectivity index (χ2v) is 7.29. The van der Waals surface area contributed by atoms with E-state index in [9.17, 15) is 9.59 Å². The lowest BCUT2D eigenvalue weighted by atomic mass is 10.1. The van der Waals surface area contributed by atoms with Crippen LogP contribution in [-0.4, -0.2) is 39.2 Å². The number of carbonyl (C=O) groups excluding carboxylic acids is 2. The Kier molecular flexibility index (Phi) is 4.77. The minimum absolute atomic E-state index is 0.222. The summed E-state index contributed by atoms with van der Waals surface area (Å²) < 4.78 is 5.67. The van der Waals surface area contributed by atoms with Crippen molar-refractivity contribution in [1.29, 1.82) is 0 Å². The van der Waals surface area contributed by atoms with Crippen molar-refractivity contribution in [1.82, 2.24) is 15.1 Å². The molecule has 0 saturated heterocycles. The van der Waals surface area contributed by atoms with E-state index >= 15 is 0 Å². The van der Waals surface area contributed by atoms with E-state index in [0.29, 0.717) is 41.0 Å². The van der Waals surface area contributed by atoms with E-state index in [1.807, 2.05) is 31.2 Å². The van der Waals surface area contributed by atoms with Gasteiger partial charge in [-0.2, -0.15) is 0 Å². The molecule has 2 heterocycles. The van der Waals surface area contributed by atoms with Crippen molar-refractivity contribution in [2.45, 2.75) is 18.6 Å². The van der Waals surface area contributed by atoms with Crippen molar-refractivity contribution in [3.05, 3.63) is 65.2 Å². The van der Waals surface area contributed by atoms with Gasteiger partial charge in [0.25, 0.3) is 17.0 Å². The second kappa shape index (κ2) is 7.36. The van der Waals surface area contributed by atoms with Crippen LogP contribution in [0.5, 0.6) is 0 Å². The molecule has 0 radical (unpaired) electrons. The standard InChI is InChI=1S/C20H17N3O3S/c1-13-7-9-14(10-8-13)17-21-22-20(26-17)27-12-4-11-23-18(24)15-5-2-3-6-16(15)19(23)25/h2-3,5-10H,4,11-12H2,1H3. The summed E-state index contributed by atoms with van der Waals surface area (Å²) >= 11 is 1.42. The molecule has 0 atom stereocenters. The molecule has 1 aliphatic rings. The molecule has 0 aliphatic carbocycles. The Morgan fingerprint density at radius 3 is 2.30 bits per heavy atom. The number of thioether (sulfide) groups is 1. The molecule has 27 heavy (non-hydrogen) atoms. The fourth-order valence-electron chi connectivity index (χ4n) is 2.91. The number of amides is 2. The highest BCUT2D eigenvalue weighted by atomic mass is 32.2. The zero-order valence-corrected chi connectivity index (χ0v) is 15.5. The van der Waals surface area contributed by atoms with Gasteiger partial charge in [-0.15, -0.1) is 10.2 Å². The van der Waals surface area contributed by atoms with Crippen LogP contribution in [0.1, 0.15) is 32.7 Å². The average molecular weight is 379 g/mol. The third-order valence-electron chi connectivity index (χ3n) is 4.33. The van der Waals surface area contributed by atoms with Gasteiger partial charge in [-0.1, -0.05) is 41.6 Å². The van der Waals surface area contributed by atoms with Gasteiger partial charge in [0.15, 0.2) is 0 Å². The minimum atomic E-state index is -0.222. The third kappa shape index (κ3) is 3.50. The maximum absolute atomic E-state index is 12.3. The molecule has 0 bridgehead atoms. The first-order valence-electron chi connectivity index (χ1n) is 8.62. The molecular formula is C20H17N3O3S. The number of benzene rings is 2. The van der Waals surface area contributed by atoms with Crippen LogP contribution in [0.2, 0.25) is 0 Å². The largest absolute Gasteiger partial charge is 0.411 e. The first-order valence-corrected chi connectivity index (χ1v) is 9.60. The van der Waals surface area contributed by atoms with Gasteiger partial charge in [0.05, 0.1) is 11.1 Å². The number of hydrogen-bond donors (Lipinski definition) is 0. The number of nitrogens with zero attached hydrogens (tertiary/aromatic N) is 3.